The highest BCUT2D eigenvalue weighted by Gasteiger charge is 2.22. The maximum Gasteiger partial charge on any atom is 0.258 e. The van der Waals surface area contributed by atoms with Crippen molar-refractivity contribution >= 4 is 17.3 Å². The molecular formula is C29H33N3O3. The van der Waals surface area contributed by atoms with Crippen molar-refractivity contribution in [1.82, 2.24) is 4.90 Å². The van der Waals surface area contributed by atoms with E-state index in [-0.39, 0.29) is 5.91 Å². The molecule has 0 N–H and O–H groups in total. The fourth-order valence-corrected chi connectivity index (χ4v) is 4.87. The van der Waals surface area contributed by atoms with Crippen LogP contribution in [0.2, 0.25) is 0 Å². The van der Waals surface area contributed by atoms with Gasteiger partial charge in [-0.3, -0.25) is 9.69 Å². The summed E-state index contributed by atoms with van der Waals surface area (Å²) in [4.78, 5) is 20.4. The van der Waals surface area contributed by atoms with Crippen LogP contribution in [0.15, 0.2) is 72.8 Å². The first-order valence-corrected chi connectivity index (χ1v) is 12.4. The monoisotopic (exact) mass is 471 g/mol. The third kappa shape index (κ3) is 5.50. The van der Waals surface area contributed by atoms with Gasteiger partial charge in [-0.1, -0.05) is 24.3 Å². The molecule has 1 amide bonds. The summed E-state index contributed by atoms with van der Waals surface area (Å²) >= 11 is 0. The molecule has 0 aliphatic carbocycles. The predicted molar refractivity (Wildman–Crippen MR) is 140 cm³/mol. The Morgan fingerprint density at radius 2 is 1.71 bits per heavy atom. The molecule has 6 heteroatoms. The highest BCUT2D eigenvalue weighted by atomic mass is 16.5. The molecule has 35 heavy (non-hydrogen) atoms. The lowest BCUT2D eigenvalue weighted by Gasteiger charge is -2.37. The minimum absolute atomic E-state index is 0.0577. The van der Waals surface area contributed by atoms with Gasteiger partial charge in [-0.25, -0.2) is 0 Å². The minimum atomic E-state index is 0.0577. The second-order valence-corrected chi connectivity index (χ2v) is 9.11. The van der Waals surface area contributed by atoms with Gasteiger partial charge in [-0.05, 0) is 66.1 Å². The SMILES string of the molecule is COc1ccc(N2CCN(CCN(C(=O)c3ccc4c(c3)CCOC4)c3ccccc3)CC2)cc1. The Morgan fingerprint density at radius 3 is 2.46 bits per heavy atom. The van der Waals surface area contributed by atoms with Gasteiger partial charge in [-0.2, -0.15) is 0 Å². The average Bonchev–Trinajstić information content (AvgIpc) is 2.94. The number of para-hydroxylation sites is 1. The molecule has 0 radical (unpaired) electrons. The first kappa shape index (κ1) is 23.4. The summed E-state index contributed by atoms with van der Waals surface area (Å²) in [5.74, 6) is 0.938. The lowest BCUT2D eigenvalue weighted by molar-refractivity contribution is 0.0980. The maximum absolute atomic E-state index is 13.7. The molecule has 0 aromatic heterocycles. The maximum atomic E-state index is 13.7. The van der Waals surface area contributed by atoms with Crippen molar-refractivity contribution in [3.05, 3.63) is 89.5 Å². The molecule has 0 spiro atoms. The van der Waals surface area contributed by atoms with E-state index < -0.39 is 0 Å². The Balaban J connectivity index is 1.24. The number of amides is 1. The summed E-state index contributed by atoms with van der Waals surface area (Å²) in [7, 11) is 1.69. The molecule has 0 saturated carbocycles. The number of rotatable bonds is 7. The Labute approximate surface area is 207 Å². The van der Waals surface area contributed by atoms with E-state index >= 15 is 0 Å². The first-order valence-electron chi connectivity index (χ1n) is 12.4. The van der Waals surface area contributed by atoms with Crippen molar-refractivity contribution in [2.75, 3.05) is 62.8 Å². The topological polar surface area (TPSA) is 45.2 Å². The second-order valence-electron chi connectivity index (χ2n) is 9.11. The summed E-state index contributed by atoms with van der Waals surface area (Å²) in [5.41, 5.74) is 5.33. The molecule has 2 aliphatic heterocycles. The van der Waals surface area contributed by atoms with E-state index in [0.29, 0.717) is 13.2 Å². The molecular weight excluding hydrogens is 438 g/mol. The lowest BCUT2D eigenvalue weighted by Crippen LogP contribution is -2.49. The number of ether oxygens (including phenoxy) is 2. The van der Waals surface area contributed by atoms with Gasteiger partial charge in [0, 0.05) is 56.2 Å². The number of methoxy groups -OCH3 is 1. The summed E-state index contributed by atoms with van der Waals surface area (Å²) in [6, 6.07) is 24.3. The van der Waals surface area contributed by atoms with Crippen LogP contribution < -0.4 is 14.5 Å². The Kier molecular flexibility index (Phi) is 7.31. The molecule has 0 unspecified atom stereocenters. The van der Waals surface area contributed by atoms with Crippen LogP contribution in [0, 0.1) is 0 Å². The predicted octanol–water partition coefficient (Wildman–Crippen LogP) is 4.24. The standard InChI is InChI=1S/C29H33N3O3/c1-34-28-11-9-26(10-12-28)31-17-14-30(15-18-31)16-19-32(27-5-3-2-4-6-27)29(33)24-7-8-25-22-35-20-13-23(25)21-24/h2-12,21H,13-20,22H2,1H3. The molecule has 182 valence electrons. The van der Waals surface area contributed by atoms with Crippen LogP contribution in [0.4, 0.5) is 11.4 Å². The smallest absolute Gasteiger partial charge is 0.258 e. The zero-order valence-electron chi connectivity index (χ0n) is 20.4. The molecule has 0 atom stereocenters. The molecule has 3 aromatic carbocycles. The van der Waals surface area contributed by atoms with Gasteiger partial charge in [0.25, 0.3) is 5.91 Å². The number of carbonyl (C=O) groups is 1. The van der Waals surface area contributed by atoms with Crippen LogP contribution in [-0.2, 0) is 17.8 Å². The van der Waals surface area contributed by atoms with Gasteiger partial charge in [0.05, 0.1) is 20.3 Å². The molecule has 2 aliphatic rings. The quantitative estimate of drug-likeness (QED) is 0.516. The Morgan fingerprint density at radius 1 is 0.943 bits per heavy atom. The van der Waals surface area contributed by atoms with Crippen molar-refractivity contribution in [1.29, 1.82) is 0 Å². The number of hydrogen-bond acceptors (Lipinski definition) is 5. The largest absolute Gasteiger partial charge is 0.497 e. The number of fused-ring (bicyclic) bond motifs is 1. The number of piperazine rings is 1. The van der Waals surface area contributed by atoms with Gasteiger partial charge >= 0.3 is 0 Å². The Bertz CT molecular complexity index is 1130. The highest BCUT2D eigenvalue weighted by molar-refractivity contribution is 6.06. The summed E-state index contributed by atoms with van der Waals surface area (Å²) in [6.45, 7) is 6.74. The molecule has 1 fully saturated rings. The second kappa shape index (κ2) is 10.9. The van der Waals surface area contributed by atoms with Crippen LogP contribution >= 0.6 is 0 Å². The summed E-state index contributed by atoms with van der Waals surface area (Å²) in [5, 5.41) is 0. The summed E-state index contributed by atoms with van der Waals surface area (Å²) < 4.78 is 10.8. The average molecular weight is 472 g/mol. The fraction of sp³-hybridized carbons (Fsp3) is 0.345. The van der Waals surface area contributed by atoms with E-state index in [2.05, 4.69) is 28.0 Å². The van der Waals surface area contributed by atoms with Gasteiger partial charge < -0.3 is 19.3 Å². The zero-order valence-corrected chi connectivity index (χ0v) is 20.4. The van der Waals surface area contributed by atoms with Gasteiger partial charge in [0.15, 0.2) is 0 Å². The fourth-order valence-electron chi connectivity index (χ4n) is 4.87. The van der Waals surface area contributed by atoms with Gasteiger partial charge in [0.2, 0.25) is 0 Å². The molecule has 3 aromatic rings. The van der Waals surface area contributed by atoms with Crippen LogP contribution in [0.1, 0.15) is 21.5 Å². The van der Waals surface area contributed by atoms with Crippen LogP contribution in [0.5, 0.6) is 5.75 Å². The van der Waals surface area contributed by atoms with Crippen molar-refractivity contribution in [3.63, 3.8) is 0 Å². The molecule has 1 saturated heterocycles. The highest BCUT2D eigenvalue weighted by Crippen LogP contribution is 2.23. The lowest BCUT2D eigenvalue weighted by atomic mass is 9.99. The van der Waals surface area contributed by atoms with E-state index in [1.807, 2.05) is 59.5 Å². The van der Waals surface area contributed by atoms with E-state index in [0.717, 1.165) is 62.8 Å². The number of anilines is 2. The molecule has 6 nitrogen and oxygen atoms in total. The molecule has 2 heterocycles. The number of hydrogen-bond donors (Lipinski definition) is 0. The Hall–Kier alpha value is -3.35. The van der Waals surface area contributed by atoms with E-state index in [1.165, 1.54) is 16.8 Å². The van der Waals surface area contributed by atoms with Crippen LogP contribution in [0.3, 0.4) is 0 Å². The van der Waals surface area contributed by atoms with Crippen LogP contribution in [0.25, 0.3) is 0 Å². The number of benzene rings is 3. The number of carbonyl (C=O) groups excluding carboxylic acids is 1. The normalized spacial score (nSPS) is 16.0. The van der Waals surface area contributed by atoms with E-state index in [4.69, 9.17) is 9.47 Å². The number of nitrogens with zero attached hydrogens (tertiary/aromatic N) is 3. The van der Waals surface area contributed by atoms with Gasteiger partial charge in [0.1, 0.15) is 5.75 Å². The minimum Gasteiger partial charge on any atom is -0.497 e. The molecule has 0 bridgehead atoms. The van der Waals surface area contributed by atoms with Crippen molar-refractivity contribution in [2.45, 2.75) is 13.0 Å². The van der Waals surface area contributed by atoms with Gasteiger partial charge in [-0.15, -0.1) is 0 Å². The molecule has 5 rings (SSSR count). The van der Waals surface area contributed by atoms with Crippen LogP contribution in [-0.4, -0.2) is 63.8 Å². The first-order chi connectivity index (χ1) is 17.2. The van der Waals surface area contributed by atoms with Crippen molar-refractivity contribution in [2.24, 2.45) is 0 Å². The zero-order chi connectivity index (χ0) is 24.0. The van der Waals surface area contributed by atoms with Crippen molar-refractivity contribution in [3.8, 4) is 5.75 Å². The van der Waals surface area contributed by atoms with E-state index in [1.54, 1.807) is 7.11 Å². The summed E-state index contributed by atoms with van der Waals surface area (Å²) in [6.07, 6.45) is 0.861. The third-order valence-electron chi connectivity index (χ3n) is 6.99. The van der Waals surface area contributed by atoms with Crippen molar-refractivity contribution < 1.29 is 14.3 Å². The van der Waals surface area contributed by atoms with E-state index in [9.17, 15) is 4.79 Å². The third-order valence-corrected chi connectivity index (χ3v) is 6.99.